The molecular weight excluding hydrogens is 250 g/mol. The lowest BCUT2D eigenvalue weighted by atomic mass is 9.93. The van der Waals surface area contributed by atoms with Gasteiger partial charge < -0.3 is 5.32 Å². The van der Waals surface area contributed by atoms with Gasteiger partial charge in [0.25, 0.3) is 0 Å². The Morgan fingerprint density at radius 1 is 1.40 bits per heavy atom. The Morgan fingerprint density at radius 2 is 2.10 bits per heavy atom. The molecule has 0 aromatic heterocycles. The lowest BCUT2D eigenvalue weighted by Crippen LogP contribution is -2.44. The number of nitrogens with one attached hydrogen (secondary N) is 1. The van der Waals surface area contributed by atoms with Crippen LogP contribution in [0.25, 0.3) is 0 Å². The molecule has 1 aliphatic rings. The number of anilines is 1. The molecule has 0 aliphatic carbocycles. The minimum atomic E-state index is 0.0103. The number of benzene rings is 1. The van der Waals surface area contributed by atoms with Crippen molar-refractivity contribution in [3.05, 3.63) is 29.8 Å². The second kappa shape index (κ2) is 6.53. The highest BCUT2D eigenvalue weighted by atomic mass is 16.2. The molecule has 0 saturated carbocycles. The second-order valence-corrected chi connectivity index (χ2v) is 5.69. The van der Waals surface area contributed by atoms with Gasteiger partial charge in [0.1, 0.15) is 0 Å². The summed E-state index contributed by atoms with van der Waals surface area (Å²) < 4.78 is 0. The topological polar surface area (TPSA) is 56.1 Å². The van der Waals surface area contributed by atoms with Crippen molar-refractivity contribution in [2.45, 2.75) is 32.7 Å². The number of hydrogen-bond acceptors (Lipinski definition) is 3. The zero-order valence-corrected chi connectivity index (χ0v) is 12.1. The quantitative estimate of drug-likeness (QED) is 0.919. The molecule has 0 spiro atoms. The summed E-state index contributed by atoms with van der Waals surface area (Å²) in [7, 11) is 0. The van der Waals surface area contributed by atoms with Gasteiger partial charge in [-0.3, -0.25) is 9.69 Å². The molecule has 106 valence electrons. The highest BCUT2D eigenvalue weighted by Crippen LogP contribution is 2.21. The monoisotopic (exact) mass is 271 g/mol. The largest absolute Gasteiger partial charge is 0.325 e. The molecule has 0 radical (unpaired) electrons. The lowest BCUT2D eigenvalue weighted by Gasteiger charge is -2.35. The maximum absolute atomic E-state index is 12.0. The highest BCUT2D eigenvalue weighted by molar-refractivity contribution is 5.92. The van der Waals surface area contributed by atoms with E-state index in [2.05, 4.69) is 30.1 Å². The smallest absolute Gasteiger partial charge is 0.238 e. The molecule has 4 nitrogen and oxygen atoms in total. The molecule has 1 aliphatic heterocycles. The van der Waals surface area contributed by atoms with Crippen LogP contribution < -0.4 is 5.32 Å². The third-order valence-corrected chi connectivity index (χ3v) is 3.92. The fraction of sp³-hybridized carbons (Fsp3) is 0.500. The van der Waals surface area contributed by atoms with Crippen molar-refractivity contribution in [1.29, 1.82) is 5.26 Å². The summed E-state index contributed by atoms with van der Waals surface area (Å²) in [5.74, 6) is 0.763. The van der Waals surface area contributed by atoms with Crippen LogP contribution in [-0.2, 0) is 4.79 Å². The van der Waals surface area contributed by atoms with Gasteiger partial charge in [-0.15, -0.1) is 0 Å². The Labute approximate surface area is 120 Å². The third kappa shape index (κ3) is 3.82. The molecule has 4 heteroatoms. The molecule has 1 amide bonds. The Morgan fingerprint density at radius 3 is 2.70 bits per heavy atom. The van der Waals surface area contributed by atoms with E-state index in [-0.39, 0.29) is 5.91 Å². The van der Waals surface area contributed by atoms with E-state index >= 15 is 0 Å². The predicted octanol–water partition coefficient (Wildman–Crippen LogP) is 2.62. The van der Waals surface area contributed by atoms with Crippen molar-refractivity contribution in [3.63, 3.8) is 0 Å². The number of amides is 1. The number of rotatable bonds is 3. The summed E-state index contributed by atoms with van der Waals surface area (Å²) in [6.45, 7) is 5.88. The van der Waals surface area contributed by atoms with Gasteiger partial charge in [0.15, 0.2) is 0 Å². The average molecular weight is 271 g/mol. The van der Waals surface area contributed by atoms with E-state index in [1.165, 1.54) is 0 Å². The summed E-state index contributed by atoms with van der Waals surface area (Å²) in [5.41, 5.74) is 1.34. The number of carbonyl (C=O) groups excluding carboxylic acids is 1. The molecular formula is C16H21N3O. The molecule has 1 N–H and O–H groups in total. The zero-order valence-electron chi connectivity index (χ0n) is 12.1. The van der Waals surface area contributed by atoms with Gasteiger partial charge in [-0.05, 0) is 56.5 Å². The molecule has 20 heavy (non-hydrogen) atoms. The standard InChI is InChI=1S/C16H21N3O/c1-12-7-8-19(13(2)9-12)11-16(20)18-15-5-3-14(10-17)4-6-15/h3-6,12-13H,7-9,11H2,1-2H3,(H,18,20). The number of hydrogen-bond donors (Lipinski definition) is 1. The van der Waals surface area contributed by atoms with Crippen molar-refractivity contribution in [3.8, 4) is 6.07 Å². The molecule has 1 fully saturated rings. The van der Waals surface area contributed by atoms with Gasteiger partial charge >= 0.3 is 0 Å². The minimum absolute atomic E-state index is 0.0103. The number of piperidine rings is 1. The Kier molecular flexibility index (Phi) is 4.75. The van der Waals surface area contributed by atoms with Crippen LogP contribution in [0.3, 0.4) is 0 Å². The molecule has 2 rings (SSSR count). The van der Waals surface area contributed by atoms with Gasteiger partial charge in [-0.2, -0.15) is 5.26 Å². The molecule has 2 unspecified atom stereocenters. The first kappa shape index (κ1) is 14.5. The maximum Gasteiger partial charge on any atom is 0.238 e. The number of nitriles is 1. The van der Waals surface area contributed by atoms with Crippen LogP contribution in [0.4, 0.5) is 5.69 Å². The first-order valence-electron chi connectivity index (χ1n) is 7.12. The lowest BCUT2D eigenvalue weighted by molar-refractivity contribution is -0.118. The molecule has 1 aromatic rings. The summed E-state index contributed by atoms with van der Waals surface area (Å²) >= 11 is 0. The van der Waals surface area contributed by atoms with Crippen LogP contribution in [0.5, 0.6) is 0 Å². The van der Waals surface area contributed by atoms with Crippen LogP contribution in [0.2, 0.25) is 0 Å². The Balaban J connectivity index is 1.87. The number of nitrogens with zero attached hydrogens (tertiary/aromatic N) is 2. The SMILES string of the molecule is CC1CCN(CC(=O)Nc2ccc(C#N)cc2)C(C)C1. The maximum atomic E-state index is 12.0. The molecule has 1 heterocycles. The van der Waals surface area contributed by atoms with E-state index in [4.69, 9.17) is 5.26 Å². The van der Waals surface area contributed by atoms with Gasteiger partial charge in [-0.1, -0.05) is 6.92 Å². The van der Waals surface area contributed by atoms with Gasteiger partial charge in [0.05, 0.1) is 18.2 Å². The summed E-state index contributed by atoms with van der Waals surface area (Å²) in [4.78, 5) is 14.3. The normalized spacial score (nSPS) is 23.1. The average Bonchev–Trinajstić information content (AvgIpc) is 2.43. The van der Waals surface area contributed by atoms with Crippen molar-refractivity contribution < 1.29 is 4.79 Å². The molecule has 2 atom stereocenters. The second-order valence-electron chi connectivity index (χ2n) is 5.69. The van der Waals surface area contributed by atoms with Crippen molar-refractivity contribution in [2.24, 2.45) is 5.92 Å². The summed E-state index contributed by atoms with van der Waals surface area (Å²) in [6, 6.07) is 9.47. The van der Waals surface area contributed by atoms with E-state index < -0.39 is 0 Å². The van der Waals surface area contributed by atoms with Crippen LogP contribution in [0.15, 0.2) is 24.3 Å². The predicted molar refractivity (Wildman–Crippen MR) is 79.2 cm³/mol. The molecule has 0 bridgehead atoms. The number of likely N-dealkylation sites (tertiary alicyclic amines) is 1. The fourth-order valence-electron chi connectivity index (χ4n) is 2.70. The van der Waals surface area contributed by atoms with Crippen LogP contribution in [0, 0.1) is 17.2 Å². The van der Waals surface area contributed by atoms with Crippen LogP contribution in [-0.4, -0.2) is 29.9 Å². The fourth-order valence-corrected chi connectivity index (χ4v) is 2.70. The van der Waals surface area contributed by atoms with Gasteiger partial charge in [0, 0.05) is 11.7 Å². The summed E-state index contributed by atoms with van der Waals surface area (Å²) in [6.07, 6.45) is 2.32. The van der Waals surface area contributed by atoms with E-state index in [1.807, 2.05) is 0 Å². The van der Waals surface area contributed by atoms with E-state index in [1.54, 1.807) is 24.3 Å². The molecule has 1 aromatic carbocycles. The summed E-state index contributed by atoms with van der Waals surface area (Å²) in [5, 5.41) is 11.6. The third-order valence-electron chi connectivity index (χ3n) is 3.92. The zero-order chi connectivity index (χ0) is 14.5. The van der Waals surface area contributed by atoms with Crippen molar-refractivity contribution in [1.82, 2.24) is 4.90 Å². The number of carbonyl (C=O) groups is 1. The van der Waals surface area contributed by atoms with Gasteiger partial charge in [0.2, 0.25) is 5.91 Å². The van der Waals surface area contributed by atoms with E-state index in [0.717, 1.165) is 31.0 Å². The Hall–Kier alpha value is -1.86. The van der Waals surface area contributed by atoms with E-state index in [0.29, 0.717) is 18.2 Å². The molecule has 1 saturated heterocycles. The first-order valence-corrected chi connectivity index (χ1v) is 7.12. The minimum Gasteiger partial charge on any atom is -0.325 e. The first-order chi connectivity index (χ1) is 9.58. The van der Waals surface area contributed by atoms with E-state index in [9.17, 15) is 4.79 Å². The van der Waals surface area contributed by atoms with Crippen LogP contribution >= 0.6 is 0 Å². The van der Waals surface area contributed by atoms with Crippen molar-refractivity contribution >= 4 is 11.6 Å². The highest BCUT2D eigenvalue weighted by Gasteiger charge is 2.24. The van der Waals surface area contributed by atoms with Gasteiger partial charge in [-0.25, -0.2) is 0 Å². The van der Waals surface area contributed by atoms with Crippen molar-refractivity contribution in [2.75, 3.05) is 18.4 Å². The Bertz CT molecular complexity index is 503. The van der Waals surface area contributed by atoms with Crippen LogP contribution in [0.1, 0.15) is 32.3 Å².